The van der Waals surface area contributed by atoms with Gasteiger partial charge in [-0.1, -0.05) is 6.08 Å². The Kier molecular flexibility index (Phi) is 4.41. The molecule has 1 aliphatic rings. The van der Waals surface area contributed by atoms with E-state index in [0.29, 0.717) is 24.6 Å². The minimum absolute atomic E-state index is 0.121. The fourth-order valence-corrected chi connectivity index (χ4v) is 1.63. The second-order valence-electron chi connectivity index (χ2n) is 3.94. The minimum Gasteiger partial charge on any atom is -0.390 e. The van der Waals surface area contributed by atoms with Gasteiger partial charge in [-0.15, -0.1) is 0 Å². The van der Waals surface area contributed by atoms with Gasteiger partial charge in [0.2, 0.25) is 0 Å². The van der Waals surface area contributed by atoms with Crippen molar-refractivity contribution < 1.29 is 13.9 Å². The number of halogens is 2. The van der Waals surface area contributed by atoms with E-state index in [1.54, 1.807) is 19.9 Å². The zero-order chi connectivity index (χ0) is 12.2. The van der Waals surface area contributed by atoms with Crippen molar-refractivity contribution in [2.45, 2.75) is 32.6 Å². The van der Waals surface area contributed by atoms with E-state index in [0.717, 1.165) is 0 Å². The number of piperidine rings is 1. The highest BCUT2D eigenvalue weighted by molar-refractivity contribution is 5.80. The van der Waals surface area contributed by atoms with Crippen molar-refractivity contribution in [1.29, 1.82) is 0 Å². The first-order valence-corrected chi connectivity index (χ1v) is 5.42. The van der Waals surface area contributed by atoms with Crippen LogP contribution in [0.4, 0.5) is 8.78 Å². The molecule has 0 bridgehead atoms. The molecule has 1 saturated heterocycles. The van der Waals surface area contributed by atoms with Crippen LogP contribution in [0.1, 0.15) is 26.7 Å². The molecule has 0 aromatic rings. The molecule has 0 spiro atoms. The lowest BCUT2D eigenvalue weighted by atomic mass is 10.1. The third-order valence-electron chi connectivity index (χ3n) is 2.75. The minimum atomic E-state index is -2.53. The zero-order valence-electron chi connectivity index (χ0n) is 9.71. The van der Waals surface area contributed by atoms with Gasteiger partial charge >= 0.3 is 0 Å². The van der Waals surface area contributed by atoms with E-state index in [1.807, 2.05) is 4.90 Å². The Hall–Kier alpha value is -0.970. The molecule has 16 heavy (non-hydrogen) atoms. The number of nitrogens with zero attached hydrogens (tertiary/aromatic N) is 2. The maximum absolute atomic E-state index is 12.9. The number of alkyl halides is 2. The van der Waals surface area contributed by atoms with Crippen molar-refractivity contribution in [2.24, 2.45) is 4.99 Å². The molecule has 1 aliphatic heterocycles. The van der Waals surface area contributed by atoms with Crippen molar-refractivity contribution in [2.75, 3.05) is 19.7 Å². The highest BCUT2D eigenvalue weighted by Gasteiger charge is 2.34. The molecule has 0 aromatic carbocycles. The molecule has 0 aromatic heterocycles. The maximum atomic E-state index is 12.9. The first-order valence-electron chi connectivity index (χ1n) is 5.42. The van der Waals surface area contributed by atoms with Crippen molar-refractivity contribution in [3.05, 3.63) is 11.8 Å². The Morgan fingerprint density at radius 3 is 2.44 bits per heavy atom. The van der Waals surface area contributed by atoms with Crippen molar-refractivity contribution >= 4 is 5.84 Å². The van der Waals surface area contributed by atoms with Crippen molar-refractivity contribution in [3.8, 4) is 0 Å². The third kappa shape index (κ3) is 3.56. The van der Waals surface area contributed by atoms with Gasteiger partial charge in [-0.05, 0) is 13.8 Å². The first kappa shape index (κ1) is 13.1. The molecular weight excluding hydrogens is 214 g/mol. The quantitative estimate of drug-likeness (QED) is 0.584. The molecule has 5 heteroatoms. The summed E-state index contributed by atoms with van der Waals surface area (Å²) in [5, 5.41) is 8.94. The largest absolute Gasteiger partial charge is 0.390 e. The second-order valence-corrected chi connectivity index (χ2v) is 3.94. The van der Waals surface area contributed by atoms with Crippen LogP contribution in [-0.2, 0) is 0 Å². The van der Waals surface area contributed by atoms with Gasteiger partial charge in [0, 0.05) is 25.9 Å². The predicted octanol–water partition coefficient (Wildman–Crippen LogP) is 2.03. The molecule has 92 valence electrons. The number of allylic oxidation sites excluding steroid dienone is 1. The zero-order valence-corrected chi connectivity index (χ0v) is 9.71. The summed E-state index contributed by atoms with van der Waals surface area (Å²) in [4.78, 5) is 6.02. The summed E-state index contributed by atoms with van der Waals surface area (Å²) < 4.78 is 25.8. The number of aliphatic hydroxyl groups excluding tert-OH is 1. The lowest BCUT2D eigenvalue weighted by Gasteiger charge is -2.33. The Morgan fingerprint density at radius 2 is 2.00 bits per heavy atom. The van der Waals surface area contributed by atoms with Gasteiger partial charge in [-0.3, -0.25) is 0 Å². The van der Waals surface area contributed by atoms with E-state index in [2.05, 4.69) is 4.99 Å². The summed E-state index contributed by atoms with van der Waals surface area (Å²) in [5.74, 6) is -1.84. The second kappa shape index (κ2) is 5.39. The van der Waals surface area contributed by atoms with Crippen LogP contribution in [0.3, 0.4) is 0 Å². The van der Waals surface area contributed by atoms with Gasteiger partial charge in [0.25, 0.3) is 5.92 Å². The van der Waals surface area contributed by atoms with Crippen molar-refractivity contribution in [1.82, 2.24) is 4.90 Å². The summed E-state index contributed by atoms with van der Waals surface area (Å²) in [7, 11) is 0. The van der Waals surface area contributed by atoms with Crippen LogP contribution in [0, 0.1) is 0 Å². The Labute approximate surface area is 94.5 Å². The average Bonchev–Trinajstić information content (AvgIpc) is 2.25. The fourth-order valence-electron chi connectivity index (χ4n) is 1.63. The average molecular weight is 232 g/mol. The van der Waals surface area contributed by atoms with Crippen LogP contribution in [0.5, 0.6) is 0 Å². The molecule has 0 aliphatic carbocycles. The summed E-state index contributed by atoms with van der Waals surface area (Å²) in [6.45, 7) is 4.09. The van der Waals surface area contributed by atoms with Crippen molar-refractivity contribution in [3.63, 3.8) is 0 Å². The van der Waals surface area contributed by atoms with E-state index < -0.39 is 5.92 Å². The smallest absolute Gasteiger partial charge is 0.251 e. The summed E-state index contributed by atoms with van der Waals surface area (Å²) >= 11 is 0. The molecule has 0 atom stereocenters. The Morgan fingerprint density at radius 1 is 1.44 bits per heavy atom. The number of aliphatic imine (C=N–C) groups is 1. The molecule has 1 heterocycles. The normalized spacial score (nSPS) is 22.4. The lowest BCUT2D eigenvalue weighted by molar-refractivity contribution is -0.0435. The molecule has 0 saturated carbocycles. The molecule has 1 fully saturated rings. The van der Waals surface area contributed by atoms with E-state index in [-0.39, 0.29) is 19.4 Å². The molecule has 0 radical (unpaired) electrons. The van der Waals surface area contributed by atoms with E-state index >= 15 is 0 Å². The van der Waals surface area contributed by atoms with Gasteiger partial charge < -0.3 is 10.0 Å². The van der Waals surface area contributed by atoms with Gasteiger partial charge in [-0.2, -0.15) is 0 Å². The first-order chi connectivity index (χ1) is 7.48. The molecule has 1 rings (SSSR count). The van der Waals surface area contributed by atoms with Gasteiger partial charge in [-0.25, -0.2) is 13.8 Å². The predicted molar refractivity (Wildman–Crippen MR) is 59.7 cm³/mol. The molecular formula is C11H18F2N2O. The monoisotopic (exact) mass is 232 g/mol. The summed E-state index contributed by atoms with van der Waals surface area (Å²) in [6, 6.07) is 0. The van der Waals surface area contributed by atoms with Crippen LogP contribution >= 0.6 is 0 Å². The molecule has 1 N–H and O–H groups in total. The lowest BCUT2D eigenvalue weighted by Crippen LogP contribution is -2.41. The topological polar surface area (TPSA) is 35.8 Å². The number of rotatable bonds is 2. The standard InChI is InChI=1S/C11H18F2N2O/c1-3-10(8-16)14-9(2)15-6-4-11(12,13)5-7-15/h3,16H,4-8H2,1-2H3/b10-3-,14-9?. The SMILES string of the molecule is C/C=C(/CO)N=C(C)N1CCC(F)(F)CC1. The Balaban J connectivity index is 2.60. The van der Waals surface area contributed by atoms with E-state index in [4.69, 9.17) is 5.11 Å². The highest BCUT2D eigenvalue weighted by atomic mass is 19.3. The van der Waals surface area contributed by atoms with Gasteiger partial charge in [0.15, 0.2) is 0 Å². The Bertz CT molecular complexity index is 290. The van der Waals surface area contributed by atoms with Crippen LogP contribution in [0.25, 0.3) is 0 Å². The number of aliphatic hydroxyl groups is 1. The van der Waals surface area contributed by atoms with E-state index in [9.17, 15) is 8.78 Å². The summed E-state index contributed by atoms with van der Waals surface area (Å²) in [5.41, 5.74) is 0.565. The molecule has 3 nitrogen and oxygen atoms in total. The number of amidine groups is 1. The summed E-state index contributed by atoms with van der Waals surface area (Å²) in [6.07, 6.45) is 1.47. The molecule has 0 amide bonds. The maximum Gasteiger partial charge on any atom is 0.251 e. The number of hydrogen-bond donors (Lipinski definition) is 1. The highest BCUT2D eigenvalue weighted by Crippen LogP contribution is 2.27. The van der Waals surface area contributed by atoms with Gasteiger partial charge in [0.1, 0.15) is 5.84 Å². The molecule has 0 unspecified atom stereocenters. The van der Waals surface area contributed by atoms with Crippen LogP contribution in [-0.4, -0.2) is 41.5 Å². The fraction of sp³-hybridized carbons (Fsp3) is 0.727. The number of likely N-dealkylation sites (tertiary alicyclic amines) is 1. The van der Waals surface area contributed by atoms with E-state index in [1.165, 1.54) is 0 Å². The van der Waals surface area contributed by atoms with Gasteiger partial charge in [0.05, 0.1) is 12.3 Å². The van der Waals surface area contributed by atoms with Crippen LogP contribution in [0.2, 0.25) is 0 Å². The van der Waals surface area contributed by atoms with Crippen LogP contribution in [0.15, 0.2) is 16.8 Å². The third-order valence-corrected chi connectivity index (χ3v) is 2.75. The van der Waals surface area contributed by atoms with Crippen LogP contribution < -0.4 is 0 Å². The number of hydrogen-bond acceptors (Lipinski definition) is 2.